The van der Waals surface area contributed by atoms with Gasteiger partial charge in [0.05, 0.1) is 6.33 Å². The van der Waals surface area contributed by atoms with Crippen molar-refractivity contribution in [3.8, 4) is 0 Å². The van der Waals surface area contributed by atoms with E-state index in [1.807, 2.05) is 0 Å². The van der Waals surface area contributed by atoms with E-state index in [0.717, 1.165) is 17.3 Å². The lowest BCUT2D eigenvalue weighted by molar-refractivity contribution is 0.502. The van der Waals surface area contributed by atoms with Crippen molar-refractivity contribution in [2.75, 3.05) is 11.1 Å². The van der Waals surface area contributed by atoms with Crippen LogP contribution in [0.2, 0.25) is 0 Å². The molecule has 1 saturated carbocycles. The maximum absolute atomic E-state index is 5.73. The first-order valence-corrected chi connectivity index (χ1v) is 6.95. The fourth-order valence-corrected chi connectivity index (χ4v) is 2.78. The highest BCUT2D eigenvalue weighted by molar-refractivity contribution is 5.83. The van der Waals surface area contributed by atoms with E-state index in [4.69, 9.17) is 5.73 Å². The van der Waals surface area contributed by atoms with E-state index >= 15 is 0 Å². The van der Waals surface area contributed by atoms with E-state index in [1.54, 1.807) is 6.33 Å². The molecule has 2 aromatic rings. The summed E-state index contributed by atoms with van der Waals surface area (Å²) in [4.78, 5) is 15.6. The minimum absolute atomic E-state index is 0.268. The third-order valence-electron chi connectivity index (χ3n) is 3.90. The predicted octanol–water partition coefficient (Wildman–Crippen LogP) is 2.32. The van der Waals surface area contributed by atoms with Gasteiger partial charge >= 0.3 is 0 Å². The molecule has 0 bridgehead atoms. The third-order valence-corrected chi connectivity index (χ3v) is 3.90. The highest BCUT2D eigenvalue weighted by atomic mass is 15.1. The number of imidazole rings is 1. The molecule has 0 aliphatic heterocycles. The molecule has 6 nitrogen and oxygen atoms in total. The van der Waals surface area contributed by atoms with Gasteiger partial charge in [-0.05, 0) is 25.2 Å². The zero-order valence-electron chi connectivity index (χ0n) is 11.2. The number of aromatic amines is 1. The summed E-state index contributed by atoms with van der Waals surface area (Å²) < 4.78 is 0. The fraction of sp³-hybridized carbons (Fsp3) is 0.615. The van der Waals surface area contributed by atoms with Gasteiger partial charge in [0.15, 0.2) is 11.5 Å². The summed E-state index contributed by atoms with van der Waals surface area (Å²) in [5, 5.41) is 3.51. The average molecular weight is 260 g/mol. The summed E-state index contributed by atoms with van der Waals surface area (Å²) in [7, 11) is 0. The van der Waals surface area contributed by atoms with Gasteiger partial charge in [-0.3, -0.25) is 0 Å². The van der Waals surface area contributed by atoms with Crippen LogP contribution < -0.4 is 11.1 Å². The van der Waals surface area contributed by atoms with Gasteiger partial charge in [-0.1, -0.05) is 19.8 Å². The second kappa shape index (κ2) is 5.03. The molecule has 102 valence electrons. The predicted molar refractivity (Wildman–Crippen MR) is 75.8 cm³/mol. The normalized spacial score (nSPS) is 24.3. The van der Waals surface area contributed by atoms with Crippen molar-refractivity contribution in [2.45, 2.75) is 45.1 Å². The molecule has 1 aliphatic rings. The van der Waals surface area contributed by atoms with Crippen LogP contribution in [0.15, 0.2) is 6.33 Å². The van der Waals surface area contributed by atoms with E-state index < -0.39 is 0 Å². The number of nitrogens with two attached hydrogens (primary N) is 1. The molecule has 6 heteroatoms. The van der Waals surface area contributed by atoms with Crippen molar-refractivity contribution < 1.29 is 0 Å². The van der Waals surface area contributed by atoms with Crippen LogP contribution in [0.3, 0.4) is 0 Å². The lowest BCUT2D eigenvalue weighted by atomic mass is 10.0. The van der Waals surface area contributed by atoms with Crippen LogP contribution in [0.25, 0.3) is 11.2 Å². The minimum atomic E-state index is 0.268. The summed E-state index contributed by atoms with van der Waals surface area (Å²) >= 11 is 0. The zero-order chi connectivity index (χ0) is 13.2. The lowest BCUT2D eigenvalue weighted by Gasteiger charge is -2.17. The molecule has 0 radical (unpaired) electrons. The molecule has 2 unspecified atom stereocenters. The van der Waals surface area contributed by atoms with Crippen molar-refractivity contribution in [1.82, 2.24) is 19.9 Å². The molecule has 1 aliphatic carbocycles. The Kier molecular flexibility index (Phi) is 3.23. The van der Waals surface area contributed by atoms with Crippen molar-refractivity contribution in [3.63, 3.8) is 0 Å². The molecular formula is C13H20N6. The monoisotopic (exact) mass is 260 g/mol. The molecule has 2 heterocycles. The van der Waals surface area contributed by atoms with E-state index in [9.17, 15) is 0 Å². The van der Waals surface area contributed by atoms with Crippen molar-refractivity contribution >= 4 is 22.9 Å². The lowest BCUT2D eigenvalue weighted by Crippen LogP contribution is -2.20. The number of hydrogen-bond acceptors (Lipinski definition) is 5. The van der Waals surface area contributed by atoms with E-state index in [1.165, 1.54) is 32.1 Å². The Balaban J connectivity index is 1.82. The third kappa shape index (κ3) is 2.62. The number of nitrogens with zero attached hydrogens (tertiary/aromatic N) is 3. The first-order valence-electron chi connectivity index (χ1n) is 6.95. The summed E-state index contributed by atoms with van der Waals surface area (Å²) in [5.41, 5.74) is 7.19. The van der Waals surface area contributed by atoms with Crippen LogP contribution >= 0.6 is 0 Å². The van der Waals surface area contributed by atoms with Crippen LogP contribution in [0.1, 0.15) is 39.0 Å². The van der Waals surface area contributed by atoms with Gasteiger partial charge in [0.1, 0.15) is 5.52 Å². The Morgan fingerprint density at radius 1 is 1.26 bits per heavy atom. The summed E-state index contributed by atoms with van der Waals surface area (Å²) in [6, 6.07) is 0.464. The summed E-state index contributed by atoms with van der Waals surface area (Å²) in [5.74, 6) is 1.87. The Morgan fingerprint density at radius 2 is 2.16 bits per heavy atom. The van der Waals surface area contributed by atoms with Crippen LogP contribution in [-0.4, -0.2) is 26.0 Å². The number of nitrogens with one attached hydrogen (secondary N) is 2. The van der Waals surface area contributed by atoms with Crippen LogP contribution in [0.5, 0.6) is 0 Å². The molecule has 0 saturated heterocycles. The number of anilines is 2. The number of H-pyrrole nitrogens is 1. The van der Waals surface area contributed by atoms with E-state index in [-0.39, 0.29) is 5.95 Å². The second-order valence-corrected chi connectivity index (χ2v) is 5.49. The quantitative estimate of drug-likeness (QED) is 0.721. The van der Waals surface area contributed by atoms with Gasteiger partial charge in [-0.2, -0.15) is 9.97 Å². The molecule has 0 spiro atoms. The van der Waals surface area contributed by atoms with Gasteiger partial charge in [0, 0.05) is 6.04 Å². The first kappa shape index (κ1) is 12.2. The molecular weight excluding hydrogens is 240 g/mol. The van der Waals surface area contributed by atoms with Crippen molar-refractivity contribution in [3.05, 3.63) is 6.33 Å². The average Bonchev–Trinajstić information content (AvgIpc) is 2.74. The minimum Gasteiger partial charge on any atom is -0.368 e. The standard InChI is InChI=1S/C13H20N6/c1-8-3-2-4-9(6-5-8)17-12-10-11(16-7-15-10)18-13(14)19-12/h7-9H,2-6H2,1H3,(H4,14,15,16,17,18,19). The highest BCUT2D eigenvalue weighted by Gasteiger charge is 2.18. The van der Waals surface area contributed by atoms with Gasteiger partial charge < -0.3 is 16.0 Å². The molecule has 0 aromatic carbocycles. The molecule has 19 heavy (non-hydrogen) atoms. The highest BCUT2D eigenvalue weighted by Crippen LogP contribution is 2.26. The van der Waals surface area contributed by atoms with E-state index in [2.05, 4.69) is 32.2 Å². The Bertz CT molecular complexity index is 563. The maximum Gasteiger partial charge on any atom is 0.224 e. The molecule has 3 rings (SSSR count). The number of nitrogen functional groups attached to an aromatic ring is 1. The number of aromatic nitrogens is 4. The molecule has 4 N–H and O–H groups in total. The number of hydrogen-bond donors (Lipinski definition) is 3. The van der Waals surface area contributed by atoms with Crippen molar-refractivity contribution in [2.24, 2.45) is 5.92 Å². The Hall–Kier alpha value is -1.85. The molecule has 1 fully saturated rings. The molecule has 2 aromatic heterocycles. The molecule has 2 atom stereocenters. The van der Waals surface area contributed by atoms with Crippen LogP contribution in [-0.2, 0) is 0 Å². The second-order valence-electron chi connectivity index (χ2n) is 5.49. The van der Waals surface area contributed by atoms with Crippen LogP contribution in [0, 0.1) is 5.92 Å². The summed E-state index contributed by atoms with van der Waals surface area (Å²) in [6.45, 7) is 2.33. The Labute approximate surface area is 112 Å². The van der Waals surface area contributed by atoms with Gasteiger partial charge in [-0.25, -0.2) is 4.98 Å². The van der Waals surface area contributed by atoms with Crippen LogP contribution in [0.4, 0.5) is 11.8 Å². The smallest absolute Gasteiger partial charge is 0.224 e. The van der Waals surface area contributed by atoms with Crippen molar-refractivity contribution in [1.29, 1.82) is 0 Å². The van der Waals surface area contributed by atoms with Gasteiger partial charge in [0.25, 0.3) is 0 Å². The number of rotatable bonds is 2. The fourth-order valence-electron chi connectivity index (χ4n) is 2.78. The zero-order valence-corrected chi connectivity index (χ0v) is 11.2. The molecule has 0 amide bonds. The largest absolute Gasteiger partial charge is 0.368 e. The summed E-state index contributed by atoms with van der Waals surface area (Å²) in [6.07, 6.45) is 7.85. The number of fused-ring (bicyclic) bond motifs is 1. The van der Waals surface area contributed by atoms with Gasteiger partial charge in [0.2, 0.25) is 5.95 Å². The SMILES string of the molecule is CC1CCCC(Nc2nc(N)nc3nc[nH]c23)CC1. The van der Waals surface area contributed by atoms with Gasteiger partial charge in [-0.15, -0.1) is 0 Å². The Morgan fingerprint density at radius 3 is 3.05 bits per heavy atom. The topological polar surface area (TPSA) is 92.5 Å². The first-order chi connectivity index (χ1) is 9.22. The van der Waals surface area contributed by atoms with E-state index in [0.29, 0.717) is 11.7 Å². The maximum atomic E-state index is 5.73.